The number of carbonyl (C=O) groups is 1. The van der Waals surface area contributed by atoms with Gasteiger partial charge < -0.3 is 25.8 Å². The van der Waals surface area contributed by atoms with E-state index in [9.17, 15) is 14.8 Å². The molecule has 0 aliphatic heterocycles. The Hall–Kier alpha value is -4.41. The maximum Gasteiger partial charge on any atom is 0.488 e. The van der Waals surface area contributed by atoms with E-state index in [1.165, 1.54) is 0 Å². The molecule has 2 heterocycles. The van der Waals surface area contributed by atoms with Gasteiger partial charge in [0.15, 0.2) is 0 Å². The molecule has 0 spiro atoms. The first-order chi connectivity index (χ1) is 17.4. The second kappa shape index (κ2) is 9.33. The molecule has 0 atom stereocenters. The molecule has 9 nitrogen and oxygen atoms in total. The van der Waals surface area contributed by atoms with Crippen molar-refractivity contribution in [1.29, 1.82) is 0 Å². The van der Waals surface area contributed by atoms with E-state index in [1.807, 2.05) is 47.9 Å². The number of amides is 1. The number of aryl methyl sites for hydroxylation is 1. The van der Waals surface area contributed by atoms with Crippen molar-refractivity contribution in [3.8, 4) is 11.7 Å². The number of nitrogens with two attached hydrogens (primary N) is 1. The van der Waals surface area contributed by atoms with E-state index in [0.29, 0.717) is 40.6 Å². The molecule has 0 aliphatic carbocycles. The Morgan fingerprint density at radius 2 is 1.83 bits per heavy atom. The molecule has 0 saturated carbocycles. The molecule has 5 rings (SSSR count). The van der Waals surface area contributed by atoms with Crippen LogP contribution in [0.5, 0.6) is 5.75 Å². The number of primary amides is 1. The molecule has 10 heteroatoms. The number of nitrogens with one attached hydrogen (secondary N) is 1. The Bertz CT molecular complexity index is 1620. The van der Waals surface area contributed by atoms with Crippen molar-refractivity contribution in [3.05, 3.63) is 83.6 Å². The minimum Gasteiger partial charge on any atom is -0.494 e. The van der Waals surface area contributed by atoms with Crippen molar-refractivity contribution >= 4 is 46.1 Å². The number of hydrogen-bond donors (Lipinski definition) is 4. The first kappa shape index (κ1) is 23.3. The number of fused-ring (bicyclic) bond motifs is 2. The van der Waals surface area contributed by atoms with E-state index in [1.54, 1.807) is 37.4 Å². The highest BCUT2D eigenvalue weighted by molar-refractivity contribution is 6.58. The molecule has 5 N–H and O–H groups in total. The highest BCUT2D eigenvalue weighted by Crippen LogP contribution is 2.32. The number of ether oxygens (including phenoxy) is 1. The molecule has 0 bridgehead atoms. The third-order valence-corrected chi connectivity index (χ3v) is 6.10. The summed E-state index contributed by atoms with van der Waals surface area (Å²) in [6.07, 6.45) is 0. The average molecular weight is 481 g/mol. The lowest BCUT2D eigenvalue weighted by Crippen LogP contribution is -2.30. The van der Waals surface area contributed by atoms with E-state index < -0.39 is 13.0 Å². The van der Waals surface area contributed by atoms with Gasteiger partial charge in [0.05, 0.1) is 12.6 Å². The molecular formula is C26H24BN5O4. The second-order valence-corrected chi connectivity index (χ2v) is 8.42. The molecule has 3 aromatic carbocycles. The Balaban J connectivity index is 1.66. The van der Waals surface area contributed by atoms with Crippen LogP contribution in [0.15, 0.2) is 66.7 Å². The van der Waals surface area contributed by atoms with Crippen molar-refractivity contribution in [1.82, 2.24) is 14.5 Å². The quantitative estimate of drug-likeness (QED) is 0.262. The molecule has 36 heavy (non-hydrogen) atoms. The molecule has 2 aromatic heterocycles. The van der Waals surface area contributed by atoms with E-state index in [0.717, 1.165) is 27.5 Å². The summed E-state index contributed by atoms with van der Waals surface area (Å²) < 4.78 is 7.46. The summed E-state index contributed by atoms with van der Waals surface area (Å²) in [5.41, 5.74) is 9.51. The number of aromatic nitrogens is 3. The lowest BCUT2D eigenvalue weighted by molar-refractivity contribution is 0.100. The smallest absolute Gasteiger partial charge is 0.488 e. The number of carbonyl (C=O) groups excluding carboxylic acids is 1. The van der Waals surface area contributed by atoms with Gasteiger partial charge in [-0.3, -0.25) is 9.36 Å². The van der Waals surface area contributed by atoms with E-state index in [2.05, 4.69) is 5.32 Å². The first-order valence-electron chi connectivity index (χ1n) is 11.3. The molecule has 1 amide bonds. The average Bonchev–Trinajstić information content (AvgIpc) is 3.22. The lowest BCUT2D eigenvalue weighted by Gasteiger charge is -2.15. The number of nitrogens with zero attached hydrogens (tertiary/aromatic N) is 3. The zero-order valence-corrected chi connectivity index (χ0v) is 19.8. The van der Waals surface area contributed by atoms with Gasteiger partial charge in [-0.1, -0.05) is 36.4 Å². The fourth-order valence-electron chi connectivity index (χ4n) is 4.41. The van der Waals surface area contributed by atoms with Crippen molar-refractivity contribution in [2.45, 2.75) is 13.5 Å². The highest BCUT2D eigenvalue weighted by atomic mass is 16.5. The fourth-order valence-corrected chi connectivity index (χ4v) is 4.41. The summed E-state index contributed by atoms with van der Waals surface area (Å²) in [5, 5.41) is 23.9. The summed E-state index contributed by atoms with van der Waals surface area (Å²) >= 11 is 0. The zero-order valence-electron chi connectivity index (χ0n) is 19.8. The predicted octanol–water partition coefficient (Wildman–Crippen LogP) is 2.28. The number of para-hydroxylation sites is 1. The topological polar surface area (TPSA) is 136 Å². The molecule has 0 fully saturated rings. The van der Waals surface area contributed by atoms with Gasteiger partial charge in [-0.2, -0.15) is 4.98 Å². The fraction of sp³-hybridized carbons (Fsp3) is 0.115. The number of methoxy groups -OCH3 is 1. The van der Waals surface area contributed by atoms with E-state index >= 15 is 0 Å². The predicted molar refractivity (Wildman–Crippen MR) is 140 cm³/mol. The van der Waals surface area contributed by atoms with E-state index in [4.69, 9.17) is 20.4 Å². The molecular weight excluding hydrogens is 457 g/mol. The van der Waals surface area contributed by atoms with Crippen LogP contribution in [0.3, 0.4) is 0 Å². The number of hydrogen-bond acceptors (Lipinski definition) is 7. The molecule has 180 valence electrons. The Morgan fingerprint density at radius 3 is 2.58 bits per heavy atom. The van der Waals surface area contributed by atoms with Crippen LogP contribution in [0.1, 0.15) is 21.6 Å². The van der Waals surface area contributed by atoms with Gasteiger partial charge in [0, 0.05) is 28.6 Å². The number of anilines is 1. The largest absolute Gasteiger partial charge is 0.494 e. The van der Waals surface area contributed by atoms with Crippen LogP contribution in [-0.4, -0.2) is 44.7 Å². The van der Waals surface area contributed by atoms with Crippen molar-refractivity contribution in [2.24, 2.45) is 5.73 Å². The zero-order chi connectivity index (χ0) is 25.4. The van der Waals surface area contributed by atoms with Gasteiger partial charge in [-0.25, -0.2) is 4.98 Å². The van der Waals surface area contributed by atoms with Crippen LogP contribution in [-0.2, 0) is 6.54 Å². The Morgan fingerprint density at radius 1 is 1.06 bits per heavy atom. The summed E-state index contributed by atoms with van der Waals surface area (Å²) in [6.45, 7) is 2.31. The van der Waals surface area contributed by atoms with Gasteiger partial charge in [0.25, 0.3) is 0 Å². The van der Waals surface area contributed by atoms with Crippen molar-refractivity contribution in [2.75, 3.05) is 12.4 Å². The monoisotopic (exact) mass is 481 g/mol. The van der Waals surface area contributed by atoms with Crippen LogP contribution >= 0.6 is 0 Å². The van der Waals surface area contributed by atoms with Crippen LogP contribution in [0.25, 0.3) is 27.8 Å². The summed E-state index contributed by atoms with van der Waals surface area (Å²) in [5.74, 6) is 1.08. The Kier molecular flexibility index (Phi) is 6.05. The van der Waals surface area contributed by atoms with Gasteiger partial charge in [0.1, 0.15) is 17.1 Å². The SMILES string of the molecule is COc1cccc2c(NCc3cccc(B(O)O)c3)nc(-n3c(C)cc4c(C(N)=O)cccc43)nc12. The van der Waals surface area contributed by atoms with Crippen LogP contribution in [0.4, 0.5) is 5.82 Å². The molecule has 0 radical (unpaired) electrons. The highest BCUT2D eigenvalue weighted by Gasteiger charge is 2.18. The number of rotatable bonds is 7. The van der Waals surface area contributed by atoms with Gasteiger partial charge >= 0.3 is 7.12 Å². The van der Waals surface area contributed by atoms with Crippen molar-refractivity contribution in [3.63, 3.8) is 0 Å². The normalized spacial score (nSPS) is 11.1. The van der Waals surface area contributed by atoms with Crippen LogP contribution in [0, 0.1) is 6.92 Å². The maximum absolute atomic E-state index is 12.0. The minimum absolute atomic E-state index is 0.389. The maximum atomic E-state index is 12.0. The summed E-state index contributed by atoms with van der Waals surface area (Å²) in [4.78, 5) is 21.7. The second-order valence-electron chi connectivity index (χ2n) is 8.42. The van der Waals surface area contributed by atoms with Gasteiger partial charge in [0.2, 0.25) is 11.9 Å². The number of benzene rings is 3. The minimum atomic E-state index is -1.55. The van der Waals surface area contributed by atoms with Gasteiger partial charge in [-0.15, -0.1) is 0 Å². The summed E-state index contributed by atoms with van der Waals surface area (Å²) in [6, 6.07) is 19.9. The van der Waals surface area contributed by atoms with Crippen LogP contribution < -0.4 is 21.3 Å². The lowest BCUT2D eigenvalue weighted by atomic mass is 9.80. The van der Waals surface area contributed by atoms with Crippen LogP contribution in [0.2, 0.25) is 0 Å². The molecule has 0 saturated heterocycles. The van der Waals surface area contributed by atoms with Gasteiger partial charge in [-0.05, 0) is 48.3 Å². The molecule has 5 aromatic rings. The Labute approximate surface area is 207 Å². The summed E-state index contributed by atoms with van der Waals surface area (Å²) in [7, 11) is 0.0427. The third-order valence-electron chi connectivity index (χ3n) is 6.10. The third kappa shape index (κ3) is 4.12. The van der Waals surface area contributed by atoms with E-state index in [-0.39, 0.29) is 0 Å². The molecule has 0 aliphatic rings. The standard InChI is InChI=1S/C26H24BN5O4/c1-15-12-20-18(24(28)33)8-4-10-21(20)32(15)26-30-23-19(9-5-11-22(23)36-2)25(31-26)29-14-16-6-3-7-17(13-16)27(34)35/h3-13,34-35H,14H2,1-2H3,(H2,28,33)(H,29,30,31). The molecule has 0 unspecified atom stereocenters. The van der Waals surface area contributed by atoms with Crippen molar-refractivity contribution < 1.29 is 19.6 Å². The first-order valence-corrected chi connectivity index (χ1v) is 11.3.